The summed E-state index contributed by atoms with van der Waals surface area (Å²) >= 11 is 13.1. The molecule has 1 aliphatic heterocycles. The number of rotatable bonds is 5. The monoisotopic (exact) mass is 399 g/mol. The average Bonchev–Trinajstić information content (AvgIpc) is 2.69. The van der Waals surface area contributed by atoms with Gasteiger partial charge in [0, 0.05) is 10.6 Å². The molecule has 4 nitrogen and oxygen atoms in total. The van der Waals surface area contributed by atoms with Crippen LogP contribution in [0.4, 0.5) is 0 Å². The van der Waals surface area contributed by atoms with Crippen LogP contribution in [-0.2, 0) is 14.4 Å². The molecule has 0 fully saturated rings. The van der Waals surface area contributed by atoms with Gasteiger partial charge in [0.1, 0.15) is 11.3 Å². The van der Waals surface area contributed by atoms with Gasteiger partial charge in [-0.25, -0.2) is 5.06 Å². The lowest BCUT2D eigenvalue weighted by molar-refractivity contribution is -0.200. The highest BCUT2D eigenvalue weighted by Gasteiger charge is 2.49. The Morgan fingerprint density at radius 2 is 2.04 bits per heavy atom. The van der Waals surface area contributed by atoms with Gasteiger partial charge < -0.3 is 4.74 Å². The summed E-state index contributed by atoms with van der Waals surface area (Å²) in [7, 11) is 0. The molecule has 1 aliphatic rings. The molecule has 0 aliphatic carbocycles. The molecule has 0 unspecified atom stereocenters. The number of halogens is 1. The molecule has 1 aromatic carbocycles. The maximum atomic E-state index is 13.1. The lowest BCUT2D eigenvalue weighted by atomic mass is 9.98. The smallest absolute Gasteiger partial charge is 0.282 e. The fraction of sp³-hybridized carbons (Fsp3) is 0.444. The fourth-order valence-corrected chi connectivity index (χ4v) is 3.81. The third-order valence-electron chi connectivity index (χ3n) is 3.79. The molecule has 0 atom stereocenters. The first kappa shape index (κ1) is 20.2. The maximum Gasteiger partial charge on any atom is 0.282 e. The standard InChI is InChI=1S/C18H22ClNO3S2/c1-6-22-20-16(21)14(12-9-8-11(3)10-13(12)19)15(18(20,4)5)23-17(24)25-7-2/h8-10H,6-7H2,1-5H3. The van der Waals surface area contributed by atoms with Gasteiger partial charge in [0.15, 0.2) is 0 Å². The van der Waals surface area contributed by atoms with Crippen molar-refractivity contribution in [2.45, 2.75) is 40.2 Å². The summed E-state index contributed by atoms with van der Waals surface area (Å²) in [4.78, 5) is 18.6. The molecule has 2 rings (SSSR count). The van der Waals surface area contributed by atoms with Gasteiger partial charge in [0.2, 0.25) is 4.38 Å². The number of thiocarbonyl (C=S) groups is 1. The Kier molecular flexibility index (Phi) is 6.54. The first-order valence-electron chi connectivity index (χ1n) is 8.07. The quantitative estimate of drug-likeness (QED) is 0.652. The number of carbonyl (C=O) groups is 1. The minimum Gasteiger partial charge on any atom is -0.441 e. The summed E-state index contributed by atoms with van der Waals surface area (Å²) in [5.41, 5.74) is 1.23. The first-order valence-corrected chi connectivity index (χ1v) is 9.84. The van der Waals surface area contributed by atoms with E-state index in [1.54, 1.807) is 0 Å². The SMILES string of the molecule is CCON1C(=O)C(c2ccc(C)cc2Cl)=C(OC(=S)SCC)C1(C)C. The third kappa shape index (κ3) is 4.03. The van der Waals surface area contributed by atoms with Crippen LogP contribution in [0.15, 0.2) is 24.0 Å². The summed E-state index contributed by atoms with van der Waals surface area (Å²) in [6.07, 6.45) is 0. The number of carbonyl (C=O) groups excluding carboxylic acids is 1. The minimum atomic E-state index is -0.797. The number of nitrogens with zero attached hydrogens (tertiary/aromatic N) is 1. The van der Waals surface area contributed by atoms with E-state index >= 15 is 0 Å². The van der Waals surface area contributed by atoms with Gasteiger partial charge >= 0.3 is 0 Å². The van der Waals surface area contributed by atoms with Crippen molar-refractivity contribution in [3.63, 3.8) is 0 Å². The van der Waals surface area contributed by atoms with E-state index in [1.807, 2.05) is 52.8 Å². The van der Waals surface area contributed by atoms with Crippen LogP contribution in [0.5, 0.6) is 0 Å². The van der Waals surface area contributed by atoms with Crippen LogP contribution in [0.25, 0.3) is 5.57 Å². The highest BCUT2D eigenvalue weighted by atomic mass is 35.5. The number of hydrogen-bond donors (Lipinski definition) is 0. The lowest BCUT2D eigenvalue weighted by Gasteiger charge is -2.31. The van der Waals surface area contributed by atoms with Crippen LogP contribution in [0.1, 0.15) is 38.8 Å². The molecule has 1 amide bonds. The van der Waals surface area contributed by atoms with Crippen molar-refractivity contribution < 1.29 is 14.4 Å². The predicted molar refractivity (Wildman–Crippen MR) is 107 cm³/mol. The molecule has 1 heterocycles. The number of aryl methyl sites for hydroxylation is 1. The zero-order chi connectivity index (χ0) is 18.8. The molecule has 7 heteroatoms. The molecule has 0 saturated heterocycles. The van der Waals surface area contributed by atoms with Gasteiger partial charge in [0.25, 0.3) is 5.91 Å². The van der Waals surface area contributed by atoms with Crippen molar-refractivity contribution in [3.05, 3.63) is 40.1 Å². The molecule has 0 aromatic heterocycles. The fourth-order valence-electron chi connectivity index (χ4n) is 2.67. The molecule has 0 N–H and O–H groups in total. The molecule has 136 valence electrons. The van der Waals surface area contributed by atoms with Gasteiger partial charge in [-0.2, -0.15) is 0 Å². The highest BCUT2D eigenvalue weighted by molar-refractivity contribution is 8.22. The summed E-state index contributed by atoms with van der Waals surface area (Å²) in [6, 6.07) is 5.56. The maximum absolute atomic E-state index is 13.1. The van der Waals surface area contributed by atoms with Gasteiger partial charge in [-0.1, -0.05) is 42.4 Å². The number of benzene rings is 1. The molecule has 1 aromatic rings. The van der Waals surface area contributed by atoms with Gasteiger partial charge in [0.05, 0.1) is 12.2 Å². The number of hydrogen-bond acceptors (Lipinski definition) is 5. The molecule has 0 radical (unpaired) electrons. The van der Waals surface area contributed by atoms with E-state index in [0.29, 0.717) is 32.9 Å². The molecular formula is C18H22ClNO3S2. The lowest BCUT2D eigenvalue weighted by Crippen LogP contribution is -2.44. The Bertz CT molecular complexity index is 731. The largest absolute Gasteiger partial charge is 0.441 e. The molecule has 0 bridgehead atoms. The van der Waals surface area contributed by atoms with Crippen molar-refractivity contribution in [1.82, 2.24) is 5.06 Å². The normalized spacial score (nSPS) is 16.6. The van der Waals surface area contributed by atoms with E-state index in [0.717, 1.165) is 11.3 Å². The number of thioether (sulfide) groups is 1. The summed E-state index contributed by atoms with van der Waals surface area (Å²) < 4.78 is 6.31. The minimum absolute atomic E-state index is 0.281. The molecular weight excluding hydrogens is 378 g/mol. The predicted octanol–water partition coefficient (Wildman–Crippen LogP) is 4.99. The van der Waals surface area contributed by atoms with Crippen LogP contribution in [0.3, 0.4) is 0 Å². The Hall–Kier alpha value is -1.08. The summed E-state index contributed by atoms with van der Waals surface area (Å²) in [5.74, 6) is 0.968. The number of hydroxylamine groups is 2. The highest BCUT2D eigenvalue weighted by Crippen LogP contribution is 2.43. The van der Waals surface area contributed by atoms with Crippen molar-refractivity contribution >= 4 is 51.4 Å². The second kappa shape index (κ2) is 8.08. The van der Waals surface area contributed by atoms with E-state index in [9.17, 15) is 4.79 Å². The van der Waals surface area contributed by atoms with E-state index in [1.165, 1.54) is 16.8 Å². The third-order valence-corrected chi connectivity index (χ3v) is 5.15. The molecule has 0 saturated carbocycles. The second-order valence-corrected chi connectivity index (χ2v) is 8.32. The van der Waals surface area contributed by atoms with Crippen LogP contribution >= 0.6 is 35.6 Å². The van der Waals surface area contributed by atoms with Crippen molar-refractivity contribution in [3.8, 4) is 0 Å². The van der Waals surface area contributed by atoms with E-state index in [-0.39, 0.29) is 5.91 Å². The Labute approximate surface area is 163 Å². The summed E-state index contributed by atoms with van der Waals surface area (Å²) in [5, 5.41) is 1.83. The van der Waals surface area contributed by atoms with Crippen LogP contribution < -0.4 is 0 Å². The Morgan fingerprint density at radius 3 is 2.60 bits per heavy atom. The van der Waals surface area contributed by atoms with E-state index in [4.69, 9.17) is 33.4 Å². The zero-order valence-corrected chi connectivity index (χ0v) is 17.4. The van der Waals surface area contributed by atoms with Crippen LogP contribution in [0.2, 0.25) is 5.02 Å². The van der Waals surface area contributed by atoms with Crippen LogP contribution in [0, 0.1) is 6.92 Å². The summed E-state index contributed by atoms with van der Waals surface area (Å²) in [6.45, 7) is 9.86. The van der Waals surface area contributed by atoms with Gasteiger partial charge in [-0.3, -0.25) is 9.63 Å². The van der Waals surface area contributed by atoms with E-state index < -0.39 is 5.54 Å². The van der Waals surface area contributed by atoms with Crippen LogP contribution in [-0.4, -0.2) is 33.3 Å². The number of ether oxygens (including phenoxy) is 1. The second-order valence-electron chi connectivity index (χ2n) is 6.05. The number of amides is 1. The molecule has 25 heavy (non-hydrogen) atoms. The zero-order valence-electron chi connectivity index (χ0n) is 15.0. The van der Waals surface area contributed by atoms with Gasteiger partial charge in [-0.15, -0.1) is 0 Å². The van der Waals surface area contributed by atoms with Gasteiger partial charge in [-0.05, 0) is 57.3 Å². The average molecular weight is 400 g/mol. The molecule has 0 spiro atoms. The van der Waals surface area contributed by atoms with Crippen molar-refractivity contribution in [2.75, 3.05) is 12.4 Å². The Balaban J connectivity index is 2.61. The van der Waals surface area contributed by atoms with Crippen molar-refractivity contribution in [2.24, 2.45) is 0 Å². The topological polar surface area (TPSA) is 38.8 Å². The van der Waals surface area contributed by atoms with Crippen molar-refractivity contribution in [1.29, 1.82) is 0 Å². The first-order chi connectivity index (χ1) is 11.7. The van der Waals surface area contributed by atoms with E-state index in [2.05, 4.69) is 0 Å². The Morgan fingerprint density at radius 1 is 1.36 bits per heavy atom.